The van der Waals surface area contributed by atoms with Crippen molar-refractivity contribution in [3.63, 3.8) is 0 Å². The van der Waals surface area contributed by atoms with Crippen molar-refractivity contribution in [1.82, 2.24) is 5.32 Å². The van der Waals surface area contributed by atoms with E-state index in [9.17, 15) is 13.5 Å². The molecule has 0 amide bonds. The molecule has 0 spiro atoms. The number of nitrogens with one attached hydrogen (secondary N) is 1. The molecule has 1 saturated heterocycles. The molecule has 4 nitrogen and oxygen atoms in total. The van der Waals surface area contributed by atoms with Crippen LogP contribution in [0.1, 0.15) is 38.5 Å². The maximum Gasteiger partial charge on any atom is 0.150 e. The molecular formula is C12H23NO3S. The van der Waals surface area contributed by atoms with Gasteiger partial charge in [-0.1, -0.05) is 12.8 Å². The normalized spacial score (nSPS) is 28.3. The molecule has 100 valence electrons. The van der Waals surface area contributed by atoms with Crippen LogP contribution in [-0.2, 0) is 9.84 Å². The van der Waals surface area contributed by atoms with E-state index in [1.54, 1.807) is 0 Å². The molecule has 0 atom stereocenters. The SMILES string of the molecule is O=S1(=O)CCC(NCC2(CO)CCCC2)CC1. The van der Waals surface area contributed by atoms with Crippen molar-refractivity contribution in [2.24, 2.45) is 5.41 Å². The molecule has 1 aliphatic carbocycles. The minimum atomic E-state index is -2.76. The highest BCUT2D eigenvalue weighted by atomic mass is 32.2. The second-order valence-corrected chi connectivity index (χ2v) is 7.98. The number of sulfone groups is 1. The van der Waals surface area contributed by atoms with E-state index < -0.39 is 9.84 Å². The molecule has 0 radical (unpaired) electrons. The van der Waals surface area contributed by atoms with Gasteiger partial charge in [0.25, 0.3) is 0 Å². The molecule has 2 fully saturated rings. The Kier molecular flexibility index (Phi) is 4.10. The molecule has 0 bridgehead atoms. The number of hydrogen-bond donors (Lipinski definition) is 2. The first-order valence-corrected chi connectivity index (χ1v) is 8.42. The first-order chi connectivity index (χ1) is 8.05. The van der Waals surface area contributed by atoms with Gasteiger partial charge < -0.3 is 10.4 Å². The van der Waals surface area contributed by atoms with E-state index in [4.69, 9.17) is 0 Å². The summed E-state index contributed by atoms with van der Waals surface area (Å²) in [4.78, 5) is 0. The molecular weight excluding hydrogens is 238 g/mol. The maximum atomic E-state index is 11.3. The van der Waals surface area contributed by atoms with Gasteiger partial charge in [-0.3, -0.25) is 0 Å². The van der Waals surface area contributed by atoms with Gasteiger partial charge in [0.15, 0.2) is 0 Å². The quantitative estimate of drug-likeness (QED) is 0.782. The Labute approximate surface area is 104 Å². The first-order valence-electron chi connectivity index (χ1n) is 6.60. The monoisotopic (exact) mass is 261 g/mol. The number of aliphatic hydroxyl groups excluding tert-OH is 1. The highest BCUT2D eigenvalue weighted by Crippen LogP contribution is 2.37. The van der Waals surface area contributed by atoms with Crippen molar-refractivity contribution in [1.29, 1.82) is 0 Å². The summed E-state index contributed by atoms with van der Waals surface area (Å²) in [6.07, 6.45) is 6.07. The molecule has 17 heavy (non-hydrogen) atoms. The fraction of sp³-hybridized carbons (Fsp3) is 1.00. The van der Waals surface area contributed by atoms with Crippen LogP contribution in [0.15, 0.2) is 0 Å². The van der Waals surface area contributed by atoms with Gasteiger partial charge in [-0.15, -0.1) is 0 Å². The lowest BCUT2D eigenvalue weighted by atomic mass is 9.87. The number of aliphatic hydroxyl groups is 1. The molecule has 1 saturated carbocycles. The summed E-state index contributed by atoms with van der Waals surface area (Å²) in [5.74, 6) is 0.633. The van der Waals surface area contributed by atoms with E-state index in [0.717, 1.165) is 32.2 Å². The minimum absolute atomic E-state index is 0.0658. The van der Waals surface area contributed by atoms with Crippen LogP contribution >= 0.6 is 0 Å². The van der Waals surface area contributed by atoms with Crippen LogP contribution in [0.4, 0.5) is 0 Å². The zero-order valence-corrected chi connectivity index (χ0v) is 11.1. The number of rotatable bonds is 4. The zero-order valence-electron chi connectivity index (χ0n) is 10.3. The molecule has 1 aliphatic heterocycles. The van der Waals surface area contributed by atoms with Gasteiger partial charge in [0, 0.05) is 24.6 Å². The van der Waals surface area contributed by atoms with Gasteiger partial charge in [-0.05, 0) is 25.7 Å². The fourth-order valence-electron chi connectivity index (χ4n) is 2.97. The van der Waals surface area contributed by atoms with Gasteiger partial charge in [0.2, 0.25) is 0 Å². The molecule has 0 aromatic carbocycles. The smallest absolute Gasteiger partial charge is 0.150 e. The predicted molar refractivity (Wildman–Crippen MR) is 67.7 cm³/mol. The third-order valence-electron chi connectivity index (χ3n) is 4.32. The van der Waals surface area contributed by atoms with Crippen LogP contribution in [0.5, 0.6) is 0 Å². The number of hydrogen-bond acceptors (Lipinski definition) is 4. The highest BCUT2D eigenvalue weighted by molar-refractivity contribution is 7.91. The van der Waals surface area contributed by atoms with Crippen molar-refractivity contribution < 1.29 is 13.5 Å². The summed E-state index contributed by atoms with van der Waals surface area (Å²) < 4.78 is 22.6. The highest BCUT2D eigenvalue weighted by Gasteiger charge is 2.34. The van der Waals surface area contributed by atoms with Crippen LogP contribution in [0.25, 0.3) is 0 Å². The zero-order chi connectivity index (χ0) is 12.4. The molecule has 2 N–H and O–H groups in total. The third-order valence-corrected chi connectivity index (χ3v) is 6.04. The third kappa shape index (κ3) is 3.42. The summed E-state index contributed by atoms with van der Waals surface area (Å²) >= 11 is 0. The molecule has 0 unspecified atom stereocenters. The Balaban J connectivity index is 1.79. The minimum Gasteiger partial charge on any atom is -0.396 e. The second-order valence-electron chi connectivity index (χ2n) is 5.67. The van der Waals surface area contributed by atoms with Gasteiger partial charge in [0.1, 0.15) is 9.84 Å². The van der Waals surface area contributed by atoms with Crippen molar-refractivity contribution in [2.75, 3.05) is 24.7 Å². The fourth-order valence-corrected chi connectivity index (χ4v) is 4.46. The van der Waals surface area contributed by atoms with Crippen LogP contribution in [-0.4, -0.2) is 44.2 Å². The van der Waals surface area contributed by atoms with Crippen molar-refractivity contribution in [3.8, 4) is 0 Å². The molecule has 0 aromatic heterocycles. The van der Waals surface area contributed by atoms with E-state index in [-0.39, 0.29) is 12.0 Å². The Hall–Kier alpha value is -0.130. The van der Waals surface area contributed by atoms with Crippen LogP contribution < -0.4 is 5.32 Å². The average Bonchev–Trinajstić information content (AvgIpc) is 2.77. The lowest BCUT2D eigenvalue weighted by molar-refractivity contribution is 0.124. The van der Waals surface area contributed by atoms with Crippen molar-refractivity contribution >= 4 is 9.84 Å². The Morgan fingerprint density at radius 2 is 1.76 bits per heavy atom. The predicted octanol–water partition coefficient (Wildman–Crippen LogP) is 0.706. The van der Waals surface area contributed by atoms with E-state index >= 15 is 0 Å². The standard InChI is InChI=1S/C12H23NO3S/c14-10-12(5-1-2-6-12)9-13-11-3-7-17(15,16)8-4-11/h11,13-14H,1-10H2. The first kappa shape index (κ1) is 13.3. The van der Waals surface area contributed by atoms with Crippen LogP contribution in [0, 0.1) is 5.41 Å². The maximum absolute atomic E-state index is 11.3. The summed E-state index contributed by atoms with van der Waals surface area (Å²) in [7, 11) is -2.76. The molecule has 2 rings (SSSR count). The lowest BCUT2D eigenvalue weighted by Crippen LogP contribution is -2.43. The molecule has 1 heterocycles. The Morgan fingerprint density at radius 3 is 2.29 bits per heavy atom. The lowest BCUT2D eigenvalue weighted by Gasteiger charge is -2.31. The topological polar surface area (TPSA) is 66.4 Å². The largest absolute Gasteiger partial charge is 0.396 e. The van der Waals surface area contributed by atoms with E-state index in [1.807, 2.05) is 0 Å². The molecule has 0 aromatic rings. The van der Waals surface area contributed by atoms with Gasteiger partial charge in [0.05, 0.1) is 11.5 Å². The van der Waals surface area contributed by atoms with Crippen LogP contribution in [0.3, 0.4) is 0 Å². The van der Waals surface area contributed by atoms with Crippen molar-refractivity contribution in [3.05, 3.63) is 0 Å². The van der Waals surface area contributed by atoms with Gasteiger partial charge in [-0.2, -0.15) is 0 Å². The van der Waals surface area contributed by atoms with E-state index in [0.29, 0.717) is 17.5 Å². The molecule has 5 heteroatoms. The summed E-state index contributed by atoms with van der Waals surface area (Å²) in [5, 5.41) is 13.0. The summed E-state index contributed by atoms with van der Waals surface area (Å²) in [6.45, 7) is 1.10. The van der Waals surface area contributed by atoms with Crippen molar-refractivity contribution in [2.45, 2.75) is 44.6 Å². The van der Waals surface area contributed by atoms with Crippen LogP contribution in [0.2, 0.25) is 0 Å². The van der Waals surface area contributed by atoms with Gasteiger partial charge in [-0.25, -0.2) is 8.42 Å². The van der Waals surface area contributed by atoms with Gasteiger partial charge >= 0.3 is 0 Å². The average molecular weight is 261 g/mol. The summed E-state index contributed by atoms with van der Waals surface area (Å²) in [5.41, 5.74) is 0.0658. The van der Waals surface area contributed by atoms with E-state index in [1.165, 1.54) is 12.8 Å². The Morgan fingerprint density at radius 1 is 1.18 bits per heavy atom. The second kappa shape index (κ2) is 5.24. The Bertz CT molecular complexity index is 333. The molecule has 2 aliphatic rings. The summed E-state index contributed by atoms with van der Waals surface area (Å²) in [6, 6.07) is 0.322. The van der Waals surface area contributed by atoms with E-state index in [2.05, 4.69) is 5.32 Å².